The molecule has 1 nitrogen and oxygen atoms in total. The van der Waals surface area contributed by atoms with Crippen molar-refractivity contribution in [2.75, 3.05) is 0 Å². The molecule has 0 unspecified atom stereocenters. The van der Waals surface area contributed by atoms with E-state index in [4.69, 9.17) is 5.73 Å². The molecule has 1 heteroatoms. The van der Waals surface area contributed by atoms with E-state index in [1.54, 1.807) is 0 Å². The van der Waals surface area contributed by atoms with Crippen LogP contribution in [0.25, 0.3) is 11.1 Å². The summed E-state index contributed by atoms with van der Waals surface area (Å²) >= 11 is 0. The van der Waals surface area contributed by atoms with Crippen molar-refractivity contribution in [2.45, 2.75) is 6.54 Å². The minimum absolute atomic E-state index is 0.593. The summed E-state index contributed by atoms with van der Waals surface area (Å²) in [5, 5.41) is 0. The van der Waals surface area contributed by atoms with Crippen molar-refractivity contribution in [3.05, 3.63) is 66.6 Å². The fraction of sp³-hybridized carbons (Fsp3) is 0.0714. The maximum absolute atomic E-state index is 5.55. The molecule has 2 rings (SSSR count). The van der Waals surface area contributed by atoms with Gasteiger partial charge in [0.15, 0.2) is 0 Å². The number of nitrogens with two attached hydrogens (primary N) is 1. The zero-order valence-electron chi connectivity index (χ0n) is 8.61. The van der Waals surface area contributed by atoms with Crippen LogP contribution in [-0.2, 0) is 6.54 Å². The molecule has 0 spiro atoms. The van der Waals surface area contributed by atoms with Gasteiger partial charge in [-0.25, -0.2) is 0 Å². The highest BCUT2D eigenvalue weighted by Gasteiger charge is 1.97. The van der Waals surface area contributed by atoms with Crippen LogP contribution in [0.5, 0.6) is 0 Å². The van der Waals surface area contributed by atoms with Crippen molar-refractivity contribution in [3.63, 3.8) is 0 Å². The molecule has 75 valence electrons. The molecular weight excluding hydrogens is 182 g/mol. The topological polar surface area (TPSA) is 26.0 Å². The van der Waals surface area contributed by atoms with Crippen LogP contribution >= 0.6 is 0 Å². The monoisotopic (exact) mass is 196 g/mol. The molecular formula is C14H14N. The number of rotatable bonds is 2. The van der Waals surface area contributed by atoms with Gasteiger partial charge in [0.2, 0.25) is 0 Å². The molecule has 1 radical (unpaired) electrons. The van der Waals surface area contributed by atoms with E-state index >= 15 is 0 Å². The molecule has 0 amide bonds. The summed E-state index contributed by atoms with van der Waals surface area (Å²) in [6.07, 6.45) is 0. The Labute approximate surface area is 90.6 Å². The van der Waals surface area contributed by atoms with E-state index in [1.165, 1.54) is 11.1 Å². The standard InChI is InChI=1S/C14H14N/c1-11-3-2-4-14(9-11)13-7-5-12(10-15)6-8-13/h2-9H,1,10,15H2. The van der Waals surface area contributed by atoms with E-state index in [1.807, 2.05) is 12.1 Å². The summed E-state index contributed by atoms with van der Waals surface area (Å²) in [6, 6.07) is 16.5. The first-order valence-corrected chi connectivity index (χ1v) is 5.01. The van der Waals surface area contributed by atoms with Crippen LogP contribution in [0.4, 0.5) is 0 Å². The third-order valence-corrected chi connectivity index (χ3v) is 2.45. The van der Waals surface area contributed by atoms with Crippen molar-refractivity contribution >= 4 is 0 Å². The molecule has 2 aromatic rings. The second kappa shape index (κ2) is 4.28. The van der Waals surface area contributed by atoms with E-state index < -0.39 is 0 Å². The van der Waals surface area contributed by atoms with Gasteiger partial charge in [-0.1, -0.05) is 48.5 Å². The molecule has 0 aliphatic rings. The highest BCUT2D eigenvalue weighted by atomic mass is 14.5. The number of hydrogen-bond acceptors (Lipinski definition) is 1. The lowest BCUT2D eigenvalue weighted by atomic mass is 10.0. The van der Waals surface area contributed by atoms with Gasteiger partial charge in [0.05, 0.1) is 0 Å². The third-order valence-electron chi connectivity index (χ3n) is 2.45. The molecule has 0 bridgehead atoms. The summed E-state index contributed by atoms with van der Waals surface area (Å²) in [5.41, 5.74) is 10.2. The lowest BCUT2D eigenvalue weighted by molar-refractivity contribution is 1.07. The fourth-order valence-corrected chi connectivity index (χ4v) is 1.58. The van der Waals surface area contributed by atoms with E-state index in [0.29, 0.717) is 6.54 Å². The Morgan fingerprint density at radius 1 is 0.933 bits per heavy atom. The first-order valence-electron chi connectivity index (χ1n) is 5.01. The van der Waals surface area contributed by atoms with Crippen molar-refractivity contribution in [3.8, 4) is 11.1 Å². The van der Waals surface area contributed by atoms with Crippen molar-refractivity contribution in [1.29, 1.82) is 0 Å². The maximum atomic E-state index is 5.55. The Bertz CT molecular complexity index is 443. The van der Waals surface area contributed by atoms with E-state index in [-0.39, 0.29) is 0 Å². The lowest BCUT2D eigenvalue weighted by Gasteiger charge is -2.03. The molecule has 0 aliphatic heterocycles. The Hall–Kier alpha value is -1.60. The molecule has 0 fully saturated rings. The fourth-order valence-electron chi connectivity index (χ4n) is 1.58. The largest absolute Gasteiger partial charge is 0.326 e. The van der Waals surface area contributed by atoms with Crippen molar-refractivity contribution in [1.82, 2.24) is 0 Å². The summed E-state index contributed by atoms with van der Waals surface area (Å²) in [5.74, 6) is 0. The maximum Gasteiger partial charge on any atom is 0.0178 e. The zero-order valence-corrected chi connectivity index (χ0v) is 8.61. The van der Waals surface area contributed by atoms with Gasteiger partial charge >= 0.3 is 0 Å². The van der Waals surface area contributed by atoms with Gasteiger partial charge < -0.3 is 5.73 Å². The smallest absolute Gasteiger partial charge is 0.0178 e. The van der Waals surface area contributed by atoms with Crippen LogP contribution in [-0.4, -0.2) is 0 Å². The second-order valence-corrected chi connectivity index (χ2v) is 3.60. The summed E-state index contributed by atoms with van der Waals surface area (Å²) in [4.78, 5) is 0. The highest BCUT2D eigenvalue weighted by Crippen LogP contribution is 2.20. The lowest BCUT2D eigenvalue weighted by Crippen LogP contribution is -1.95. The third kappa shape index (κ3) is 2.25. The second-order valence-electron chi connectivity index (χ2n) is 3.60. The number of benzene rings is 2. The molecule has 15 heavy (non-hydrogen) atoms. The predicted molar refractivity (Wildman–Crippen MR) is 64.2 cm³/mol. The minimum Gasteiger partial charge on any atom is -0.326 e. The predicted octanol–water partition coefficient (Wildman–Crippen LogP) is 2.99. The number of hydrogen-bond donors (Lipinski definition) is 1. The Morgan fingerprint density at radius 3 is 2.27 bits per heavy atom. The SMILES string of the molecule is [CH2]c1cccc(-c2ccc(CN)cc2)c1. The zero-order chi connectivity index (χ0) is 10.7. The first-order chi connectivity index (χ1) is 7.29. The quantitative estimate of drug-likeness (QED) is 0.785. The van der Waals surface area contributed by atoms with Crippen molar-refractivity contribution < 1.29 is 0 Å². The molecule has 2 N–H and O–H groups in total. The normalized spacial score (nSPS) is 10.3. The van der Waals surface area contributed by atoms with Gasteiger partial charge in [0.25, 0.3) is 0 Å². The summed E-state index contributed by atoms with van der Waals surface area (Å²) < 4.78 is 0. The first kappa shape index (κ1) is 9.94. The van der Waals surface area contributed by atoms with Gasteiger partial charge in [-0.3, -0.25) is 0 Å². The molecule has 0 saturated carbocycles. The minimum atomic E-state index is 0.593. The van der Waals surface area contributed by atoms with E-state index in [0.717, 1.165) is 11.1 Å². The Balaban J connectivity index is 2.37. The molecule has 0 atom stereocenters. The van der Waals surface area contributed by atoms with Crippen LogP contribution in [0, 0.1) is 6.92 Å². The molecule has 0 saturated heterocycles. The Kier molecular flexibility index (Phi) is 2.84. The van der Waals surface area contributed by atoms with Gasteiger partial charge in [-0.05, 0) is 29.2 Å². The average Bonchev–Trinajstić information content (AvgIpc) is 2.29. The van der Waals surface area contributed by atoms with Crippen LogP contribution < -0.4 is 5.73 Å². The van der Waals surface area contributed by atoms with Gasteiger partial charge in [-0.2, -0.15) is 0 Å². The molecule has 0 heterocycles. The Morgan fingerprint density at radius 2 is 1.67 bits per heavy atom. The van der Waals surface area contributed by atoms with Gasteiger partial charge in [0, 0.05) is 6.54 Å². The van der Waals surface area contributed by atoms with Gasteiger partial charge in [0.1, 0.15) is 0 Å². The van der Waals surface area contributed by atoms with Crippen LogP contribution in [0.1, 0.15) is 11.1 Å². The van der Waals surface area contributed by atoms with Crippen LogP contribution in [0.3, 0.4) is 0 Å². The van der Waals surface area contributed by atoms with Gasteiger partial charge in [-0.15, -0.1) is 0 Å². The molecule has 0 aromatic heterocycles. The summed E-state index contributed by atoms with van der Waals surface area (Å²) in [7, 11) is 0. The van der Waals surface area contributed by atoms with Crippen LogP contribution in [0.2, 0.25) is 0 Å². The van der Waals surface area contributed by atoms with Crippen LogP contribution in [0.15, 0.2) is 48.5 Å². The highest BCUT2D eigenvalue weighted by molar-refractivity contribution is 5.64. The van der Waals surface area contributed by atoms with Crippen molar-refractivity contribution in [2.24, 2.45) is 5.73 Å². The van der Waals surface area contributed by atoms with E-state index in [2.05, 4.69) is 43.3 Å². The average molecular weight is 196 g/mol. The molecule has 0 aliphatic carbocycles. The van der Waals surface area contributed by atoms with E-state index in [9.17, 15) is 0 Å². The molecule has 2 aromatic carbocycles. The summed E-state index contributed by atoms with van der Waals surface area (Å²) in [6.45, 7) is 4.51.